The number of nitrogens with zero attached hydrogens (tertiary/aromatic N) is 3. The third kappa shape index (κ3) is 6.20. The topological polar surface area (TPSA) is 99.6 Å². The minimum absolute atomic E-state index is 0.0507. The van der Waals surface area contributed by atoms with E-state index in [1.165, 1.54) is 0 Å². The van der Waals surface area contributed by atoms with Gasteiger partial charge in [-0.25, -0.2) is 14.8 Å². The van der Waals surface area contributed by atoms with Crippen molar-refractivity contribution in [2.75, 3.05) is 32.2 Å². The molecule has 2 aromatic rings. The standard InChI is InChI=1S/C21H27Cl2N5O3/c1-13(14-3-4-17(22)18(23)9-14)25-21(30)28-7-5-15-10-24-20(27-19(15)11-28)26-16(12-29)6-8-31-2/h3-4,9-10,13,16,29H,5-8,11-12H2,1-2H3,(H,25,30)(H,24,26,27)/t13-,16+/m1/s1. The van der Waals surface area contributed by atoms with Gasteiger partial charge in [0.05, 0.1) is 41.0 Å². The van der Waals surface area contributed by atoms with Crippen LogP contribution in [0.5, 0.6) is 0 Å². The molecule has 0 fully saturated rings. The molecular weight excluding hydrogens is 441 g/mol. The maximum absolute atomic E-state index is 12.8. The quantitative estimate of drug-likeness (QED) is 0.549. The van der Waals surface area contributed by atoms with Crippen LogP contribution in [0.2, 0.25) is 10.0 Å². The van der Waals surface area contributed by atoms with Crippen molar-refractivity contribution in [3.63, 3.8) is 0 Å². The Kier molecular flexibility index (Phi) is 8.31. The van der Waals surface area contributed by atoms with Crippen molar-refractivity contribution < 1.29 is 14.6 Å². The van der Waals surface area contributed by atoms with Crippen LogP contribution in [-0.2, 0) is 17.7 Å². The lowest BCUT2D eigenvalue weighted by molar-refractivity contribution is 0.174. The maximum Gasteiger partial charge on any atom is 0.318 e. The zero-order valence-corrected chi connectivity index (χ0v) is 19.1. The summed E-state index contributed by atoms with van der Waals surface area (Å²) in [4.78, 5) is 23.5. The van der Waals surface area contributed by atoms with E-state index in [1.54, 1.807) is 30.3 Å². The predicted molar refractivity (Wildman–Crippen MR) is 121 cm³/mol. The van der Waals surface area contributed by atoms with E-state index in [9.17, 15) is 9.90 Å². The molecule has 2 heterocycles. The van der Waals surface area contributed by atoms with E-state index in [-0.39, 0.29) is 24.7 Å². The number of amides is 2. The summed E-state index contributed by atoms with van der Waals surface area (Å²) in [5.41, 5.74) is 2.69. The molecule has 10 heteroatoms. The summed E-state index contributed by atoms with van der Waals surface area (Å²) >= 11 is 12.1. The van der Waals surface area contributed by atoms with Gasteiger partial charge in [0.15, 0.2) is 0 Å². The van der Waals surface area contributed by atoms with Gasteiger partial charge in [-0.3, -0.25) is 0 Å². The molecule has 0 bridgehead atoms. The first kappa shape index (κ1) is 23.5. The number of carbonyl (C=O) groups is 1. The molecule has 8 nitrogen and oxygen atoms in total. The second kappa shape index (κ2) is 10.9. The van der Waals surface area contributed by atoms with Crippen LogP contribution in [0, 0.1) is 0 Å². The number of urea groups is 1. The Balaban J connectivity index is 1.63. The fourth-order valence-electron chi connectivity index (χ4n) is 3.34. The normalized spacial score (nSPS) is 15.2. The van der Waals surface area contributed by atoms with E-state index in [0.717, 1.165) is 16.8 Å². The lowest BCUT2D eigenvalue weighted by Crippen LogP contribution is -2.44. The highest BCUT2D eigenvalue weighted by Crippen LogP contribution is 2.26. The van der Waals surface area contributed by atoms with E-state index in [1.807, 2.05) is 13.0 Å². The Hall–Kier alpha value is -2.13. The number of carbonyl (C=O) groups excluding carboxylic acids is 1. The highest BCUT2D eigenvalue weighted by Gasteiger charge is 2.24. The summed E-state index contributed by atoms with van der Waals surface area (Å²) in [6.07, 6.45) is 3.09. The molecule has 31 heavy (non-hydrogen) atoms. The molecule has 0 radical (unpaired) electrons. The van der Waals surface area contributed by atoms with Gasteiger partial charge in [0.1, 0.15) is 0 Å². The minimum Gasteiger partial charge on any atom is -0.394 e. The lowest BCUT2D eigenvalue weighted by atomic mass is 10.1. The van der Waals surface area contributed by atoms with E-state index < -0.39 is 0 Å². The van der Waals surface area contributed by atoms with Crippen LogP contribution >= 0.6 is 23.2 Å². The summed E-state index contributed by atoms with van der Waals surface area (Å²) in [5.74, 6) is 0.431. The molecule has 0 spiro atoms. The van der Waals surface area contributed by atoms with Crippen molar-refractivity contribution in [1.29, 1.82) is 0 Å². The fourth-order valence-corrected chi connectivity index (χ4v) is 3.65. The van der Waals surface area contributed by atoms with Crippen molar-refractivity contribution in [1.82, 2.24) is 20.2 Å². The van der Waals surface area contributed by atoms with Gasteiger partial charge in [0.25, 0.3) is 0 Å². The number of rotatable bonds is 8. The first-order valence-corrected chi connectivity index (χ1v) is 10.9. The van der Waals surface area contributed by atoms with E-state index in [4.69, 9.17) is 27.9 Å². The van der Waals surface area contributed by atoms with Crippen LogP contribution in [0.25, 0.3) is 0 Å². The molecule has 1 aromatic carbocycles. The summed E-state index contributed by atoms with van der Waals surface area (Å²) in [5, 5.41) is 16.6. The Morgan fingerprint density at radius 3 is 2.87 bits per heavy atom. The second-order valence-electron chi connectivity index (χ2n) is 7.49. The number of benzene rings is 1. The largest absolute Gasteiger partial charge is 0.394 e. The van der Waals surface area contributed by atoms with Crippen molar-refractivity contribution in [2.45, 2.75) is 38.4 Å². The van der Waals surface area contributed by atoms with Gasteiger partial charge in [0.2, 0.25) is 5.95 Å². The number of aromatic nitrogens is 2. The van der Waals surface area contributed by atoms with Gasteiger partial charge < -0.3 is 25.4 Å². The molecule has 3 N–H and O–H groups in total. The molecule has 2 amide bonds. The summed E-state index contributed by atoms with van der Waals surface area (Å²) < 4.78 is 5.06. The van der Waals surface area contributed by atoms with Crippen LogP contribution in [0.1, 0.15) is 36.2 Å². The third-order valence-electron chi connectivity index (χ3n) is 5.24. The SMILES string of the molecule is COCC[C@@H](CO)Nc1ncc2c(n1)CN(C(=O)N[C@H](C)c1ccc(Cl)c(Cl)c1)CC2. The number of methoxy groups -OCH3 is 1. The molecule has 0 saturated heterocycles. The molecule has 1 aromatic heterocycles. The van der Waals surface area contributed by atoms with Gasteiger partial charge in [-0.2, -0.15) is 0 Å². The number of hydrogen-bond donors (Lipinski definition) is 3. The van der Waals surface area contributed by atoms with Gasteiger partial charge in [0, 0.05) is 26.5 Å². The van der Waals surface area contributed by atoms with Crippen LogP contribution in [0.15, 0.2) is 24.4 Å². The average molecular weight is 468 g/mol. The summed E-state index contributed by atoms with van der Waals surface area (Å²) in [6, 6.07) is 4.72. The van der Waals surface area contributed by atoms with Crippen molar-refractivity contribution in [3.05, 3.63) is 51.3 Å². The smallest absolute Gasteiger partial charge is 0.318 e. The molecule has 1 aliphatic heterocycles. The molecule has 0 saturated carbocycles. The van der Waals surface area contributed by atoms with Crippen molar-refractivity contribution in [3.8, 4) is 0 Å². The number of hydrogen-bond acceptors (Lipinski definition) is 6. The molecule has 0 unspecified atom stereocenters. The van der Waals surface area contributed by atoms with E-state index >= 15 is 0 Å². The molecule has 2 atom stereocenters. The van der Waals surface area contributed by atoms with E-state index in [2.05, 4.69) is 20.6 Å². The monoisotopic (exact) mass is 467 g/mol. The highest BCUT2D eigenvalue weighted by molar-refractivity contribution is 6.42. The number of anilines is 1. The number of fused-ring (bicyclic) bond motifs is 1. The first-order valence-electron chi connectivity index (χ1n) is 10.1. The number of aliphatic hydroxyl groups excluding tert-OH is 1. The second-order valence-corrected chi connectivity index (χ2v) is 8.30. The highest BCUT2D eigenvalue weighted by atomic mass is 35.5. The van der Waals surface area contributed by atoms with Crippen molar-refractivity contribution in [2.24, 2.45) is 0 Å². The number of ether oxygens (including phenoxy) is 1. The molecule has 3 rings (SSSR count). The Bertz CT molecular complexity index is 915. The van der Waals surface area contributed by atoms with E-state index in [0.29, 0.717) is 48.5 Å². The zero-order valence-electron chi connectivity index (χ0n) is 17.6. The van der Waals surface area contributed by atoms with Crippen LogP contribution in [-0.4, -0.2) is 58.9 Å². The average Bonchev–Trinajstić information content (AvgIpc) is 2.77. The van der Waals surface area contributed by atoms with Gasteiger partial charge in [-0.15, -0.1) is 0 Å². The van der Waals surface area contributed by atoms with Gasteiger partial charge in [-0.1, -0.05) is 29.3 Å². The third-order valence-corrected chi connectivity index (χ3v) is 5.98. The summed E-state index contributed by atoms with van der Waals surface area (Å²) in [6.45, 7) is 3.33. The summed E-state index contributed by atoms with van der Waals surface area (Å²) in [7, 11) is 1.62. The van der Waals surface area contributed by atoms with Crippen LogP contribution in [0.4, 0.5) is 10.7 Å². The number of aliphatic hydroxyl groups is 1. The minimum atomic E-state index is -0.225. The number of halogens is 2. The molecule has 168 valence electrons. The maximum atomic E-state index is 12.8. The fraction of sp³-hybridized carbons (Fsp3) is 0.476. The zero-order chi connectivity index (χ0) is 22.4. The first-order chi connectivity index (χ1) is 14.9. The van der Waals surface area contributed by atoms with Gasteiger partial charge >= 0.3 is 6.03 Å². The molecule has 0 aliphatic carbocycles. The molecular formula is C21H27Cl2N5O3. The lowest BCUT2D eigenvalue weighted by Gasteiger charge is -2.30. The van der Waals surface area contributed by atoms with Crippen LogP contribution in [0.3, 0.4) is 0 Å². The van der Waals surface area contributed by atoms with Gasteiger partial charge in [-0.05, 0) is 43.0 Å². The Morgan fingerprint density at radius 2 is 2.16 bits per heavy atom. The predicted octanol–water partition coefficient (Wildman–Crippen LogP) is 3.42. The Morgan fingerprint density at radius 1 is 1.35 bits per heavy atom. The number of nitrogens with one attached hydrogen (secondary N) is 2. The van der Waals surface area contributed by atoms with Crippen molar-refractivity contribution >= 4 is 35.2 Å². The molecule has 1 aliphatic rings. The Labute approximate surface area is 191 Å². The van der Waals surface area contributed by atoms with Crippen LogP contribution < -0.4 is 10.6 Å².